The van der Waals surface area contributed by atoms with Crippen LogP contribution < -0.4 is 5.32 Å². The number of sulfonamides is 1. The van der Waals surface area contributed by atoms with Crippen molar-refractivity contribution in [3.05, 3.63) is 35.4 Å². The van der Waals surface area contributed by atoms with Crippen molar-refractivity contribution in [2.75, 3.05) is 31.9 Å². The molecule has 2 heterocycles. The SMILES string of the molecule is CC(=O)N1CCc2ccccc2C1CC(=O)NCCS(=O)(=O)N1CC(C)OC(C)C1. The minimum Gasteiger partial charge on any atom is -0.373 e. The predicted molar refractivity (Wildman–Crippen MR) is 113 cm³/mol. The highest BCUT2D eigenvalue weighted by atomic mass is 32.2. The quantitative estimate of drug-likeness (QED) is 0.718. The summed E-state index contributed by atoms with van der Waals surface area (Å²) in [5.41, 5.74) is 2.13. The van der Waals surface area contributed by atoms with Crippen LogP contribution in [0, 0.1) is 0 Å². The number of morpholine rings is 1. The zero-order chi connectivity index (χ0) is 21.9. The average Bonchev–Trinajstić information content (AvgIpc) is 2.67. The molecule has 1 aromatic rings. The highest BCUT2D eigenvalue weighted by Gasteiger charge is 2.32. The molecule has 30 heavy (non-hydrogen) atoms. The fraction of sp³-hybridized carbons (Fsp3) is 0.619. The summed E-state index contributed by atoms with van der Waals surface area (Å²) >= 11 is 0. The van der Waals surface area contributed by atoms with Crippen LogP contribution in [0.15, 0.2) is 24.3 Å². The van der Waals surface area contributed by atoms with Crippen molar-refractivity contribution in [1.82, 2.24) is 14.5 Å². The molecule has 0 bridgehead atoms. The fourth-order valence-electron chi connectivity index (χ4n) is 4.30. The molecule has 3 unspecified atom stereocenters. The van der Waals surface area contributed by atoms with Crippen LogP contribution in [0.3, 0.4) is 0 Å². The molecule has 1 saturated heterocycles. The highest BCUT2D eigenvalue weighted by molar-refractivity contribution is 7.89. The van der Waals surface area contributed by atoms with Crippen LogP contribution >= 0.6 is 0 Å². The van der Waals surface area contributed by atoms with Crippen molar-refractivity contribution in [2.24, 2.45) is 0 Å². The minimum absolute atomic E-state index is 0.0374. The van der Waals surface area contributed by atoms with E-state index in [1.807, 2.05) is 38.1 Å². The Labute approximate surface area is 178 Å². The van der Waals surface area contributed by atoms with Crippen LogP contribution in [0.5, 0.6) is 0 Å². The van der Waals surface area contributed by atoms with E-state index in [2.05, 4.69) is 5.32 Å². The van der Waals surface area contributed by atoms with Gasteiger partial charge in [0.1, 0.15) is 0 Å². The average molecular weight is 438 g/mol. The van der Waals surface area contributed by atoms with Crippen molar-refractivity contribution in [3.8, 4) is 0 Å². The largest absolute Gasteiger partial charge is 0.373 e. The number of ether oxygens (including phenoxy) is 1. The van der Waals surface area contributed by atoms with Crippen molar-refractivity contribution >= 4 is 21.8 Å². The van der Waals surface area contributed by atoms with E-state index in [4.69, 9.17) is 4.74 Å². The second-order valence-electron chi connectivity index (χ2n) is 8.12. The molecular formula is C21H31N3O5S. The van der Waals surface area contributed by atoms with Gasteiger partial charge in [0.05, 0.1) is 30.4 Å². The Bertz CT molecular complexity index is 878. The maximum atomic E-state index is 12.6. The summed E-state index contributed by atoms with van der Waals surface area (Å²) in [6.07, 6.45) is 0.578. The Morgan fingerprint density at radius 3 is 2.50 bits per heavy atom. The Kier molecular flexibility index (Phi) is 7.15. The first-order valence-corrected chi connectivity index (χ1v) is 12.0. The number of nitrogens with one attached hydrogen (secondary N) is 1. The van der Waals surface area contributed by atoms with Gasteiger partial charge in [0.15, 0.2) is 0 Å². The van der Waals surface area contributed by atoms with Crippen LogP contribution in [-0.2, 0) is 30.8 Å². The summed E-state index contributed by atoms with van der Waals surface area (Å²) in [4.78, 5) is 26.4. The molecule has 1 aromatic carbocycles. The lowest BCUT2D eigenvalue weighted by atomic mass is 9.90. The second kappa shape index (κ2) is 9.45. The van der Waals surface area contributed by atoms with Crippen molar-refractivity contribution < 1.29 is 22.7 Å². The molecule has 0 saturated carbocycles. The molecule has 2 amide bonds. The second-order valence-corrected chi connectivity index (χ2v) is 10.2. The first-order chi connectivity index (χ1) is 14.2. The number of rotatable bonds is 6. The molecule has 3 rings (SSSR count). The van der Waals surface area contributed by atoms with E-state index >= 15 is 0 Å². The number of benzene rings is 1. The molecule has 2 aliphatic rings. The predicted octanol–water partition coefficient (Wildman–Crippen LogP) is 1.08. The lowest BCUT2D eigenvalue weighted by Crippen LogP contribution is -2.49. The molecule has 8 nitrogen and oxygen atoms in total. The van der Waals surface area contributed by atoms with E-state index < -0.39 is 10.0 Å². The van der Waals surface area contributed by atoms with Gasteiger partial charge in [-0.1, -0.05) is 24.3 Å². The molecular weight excluding hydrogens is 406 g/mol. The van der Waals surface area contributed by atoms with Gasteiger partial charge in [-0.15, -0.1) is 0 Å². The van der Waals surface area contributed by atoms with Crippen LogP contribution in [0.4, 0.5) is 0 Å². The van der Waals surface area contributed by atoms with E-state index in [0.717, 1.165) is 17.5 Å². The van der Waals surface area contributed by atoms with Gasteiger partial charge >= 0.3 is 0 Å². The van der Waals surface area contributed by atoms with E-state index in [9.17, 15) is 18.0 Å². The van der Waals surface area contributed by atoms with E-state index in [-0.39, 0.29) is 48.8 Å². The van der Waals surface area contributed by atoms with Gasteiger partial charge in [-0.05, 0) is 31.4 Å². The lowest BCUT2D eigenvalue weighted by Gasteiger charge is -2.36. The van der Waals surface area contributed by atoms with Gasteiger partial charge in [-0.25, -0.2) is 8.42 Å². The third-order valence-electron chi connectivity index (χ3n) is 5.66. The van der Waals surface area contributed by atoms with E-state index in [1.54, 1.807) is 4.90 Å². The molecule has 2 aliphatic heterocycles. The Morgan fingerprint density at radius 2 is 1.83 bits per heavy atom. The lowest BCUT2D eigenvalue weighted by molar-refractivity contribution is -0.133. The van der Waals surface area contributed by atoms with Crippen molar-refractivity contribution in [1.29, 1.82) is 0 Å². The number of carbonyl (C=O) groups is 2. The minimum atomic E-state index is -3.48. The highest BCUT2D eigenvalue weighted by Crippen LogP contribution is 2.32. The molecule has 9 heteroatoms. The Hall–Kier alpha value is -1.97. The topological polar surface area (TPSA) is 96.0 Å². The first-order valence-electron chi connectivity index (χ1n) is 10.4. The van der Waals surface area contributed by atoms with Crippen LogP contribution in [0.25, 0.3) is 0 Å². The molecule has 1 N–H and O–H groups in total. The van der Waals surface area contributed by atoms with Gasteiger partial charge in [0.25, 0.3) is 0 Å². The third kappa shape index (κ3) is 5.39. The zero-order valence-corrected chi connectivity index (χ0v) is 18.7. The summed E-state index contributed by atoms with van der Waals surface area (Å²) in [5.74, 6) is -0.488. The smallest absolute Gasteiger partial charge is 0.222 e. The van der Waals surface area contributed by atoms with Gasteiger partial charge in [0, 0.05) is 33.1 Å². The molecule has 0 aliphatic carbocycles. The maximum Gasteiger partial charge on any atom is 0.222 e. The number of hydrogen-bond acceptors (Lipinski definition) is 5. The molecule has 0 aromatic heterocycles. The third-order valence-corrected chi connectivity index (χ3v) is 7.46. The van der Waals surface area contributed by atoms with Gasteiger partial charge in [0.2, 0.25) is 21.8 Å². The fourth-order valence-corrected chi connectivity index (χ4v) is 5.80. The van der Waals surface area contributed by atoms with Crippen LogP contribution in [-0.4, -0.2) is 73.6 Å². The van der Waals surface area contributed by atoms with Crippen LogP contribution in [0.1, 0.15) is 44.4 Å². The summed E-state index contributed by atoms with van der Waals surface area (Å²) in [5, 5.41) is 2.72. The summed E-state index contributed by atoms with van der Waals surface area (Å²) in [7, 11) is -3.48. The van der Waals surface area contributed by atoms with Crippen molar-refractivity contribution in [3.63, 3.8) is 0 Å². The normalized spacial score (nSPS) is 24.9. The Morgan fingerprint density at radius 1 is 1.17 bits per heavy atom. The first kappa shape index (κ1) is 22.7. The summed E-state index contributed by atoms with van der Waals surface area (Å²) in [6.45, 7) is 6.48. The summed E-state index contributed by atoms with van der Waals surface area (Å²) < 4.78 is 32.3. The van der Waals surface area contributed by atoms with E-state index in [0.29, 0.717) is 19.6 Å². The van der Waals surface area contributed by atoms with Gasteiger partial charge < -0.3 is 15.0 Å². The van der Waals surface area contributed by atoms with Crippen LogP contribution in [0.2, 0.25) is 0 Å². The monoisotopic (exact) mass is 437 g/mol. The summed E-state index contributed by atoms with van der Waals surface area (Å²) in [6, 6.07) is 7.51. The maximum absolute atomic E-state index is 12.6. The molecule has 3 atom stereocenters. The van der Waals surface area contributed by atoms with E-state index in [1.165, 1.54) is 11.2 Å². The molecule has 166 valence electrons. The number of hydrogen-bond donors (Lipinski definition) is 1. The van der Waals surface area contributed by atoms with Gasteiger partial charge in [-0.3, -0.25) is 9.59 Å². The number of amides is 2. The Balaban J connectivity index is 1.58. The standard InChI is InChI=1S/C21H31N3O5S/c1-15-13-23(14-16(2)29-15)30(27,28)11-9-22-21(26)12-20-19-7-5-4-6-18(19)8-10-24(20)17(3)25/h4-7,15-16,20H,8-14H2,1-3H3,(H,22,26). The zero-order valence-electron chi connectivity index (χ0n) is 17.8. The van der Waals surface area contributed by atoms with Gasteiger partial charge in [-0.2, -0.15) is 4.31 Å². The van der Waals surface area contributed by atoms with Crippen molar-refractivity contribution in [2.45, 2.75) is 51.9 Å². The number of nitrogens with zero attached hydrogens (tertiary/aromatic N) is 2. The molecule has 1 fully saturated rings. The number of carbonyl (C=O) groups excluding carboxylic acids is 2. The number of fused-ring (bicyclic) bond motifs is 1. The molecule has 0 radical (unpaired) electrons. The molecule has 0 spiro atoms.